The molecule has 158 valence electrons. The molecular weight excluding hydrogens is 388 g/mol. The molecule has 0 aliphatic rings. The molecule has 0 fully saturated rings. The minimum absolute atomic E-state index is 0.129. The van der Waals surface area contributed by atoms with Crippen LogP contribution in [0.1, 0.15) is 40.2 Å². The maximum Gasteiger partial charge on any atom is 0.287 e. The fourth-order valence-electron chi connectivity index (χ4n) is 3.61. The largest absolute Gasteiger partial charge is 0.493 e. The van der Waals surface area contributed by atoms with E-state index in [0.717, 1.165) is 23.1 Å². The molecule has 0 saturated heterocycles. The third kappa shape index (κ3) is 4.78. The number of carbonyl (C=O) groups is 1. The van der Waals surface area contributed by atoms with Gasteiger partial charge in [-0.05, 0) is 35.7 Å². The van der Waals surface area contributed by atoms with E-state index in [0.29, 0.717) is 17.9 Å². The maximum absolute atomic E-state index is 12.8. The van der Waals surface area contributed by atoms with Gasteiger partial charge in [0.1, 0.15) is 0 Å². The molecule has 5 heteroatoms. The van der Waals surface area contributed by atoms with Gasteiger partial charge in [0.05, 0.1) is 13.2 Å². The zero-order chi connectivity index (χ0) is 21.6. The summed E-state index contributed by atoms with van der Waals surface area (Å²) in [5, 5.41) is 7.34. The van der Waals surface area contributed by atoms with Gasteiger partial charge < -0.3 is 19.8 Å². The first-order valence-electron chi connectivity index (χ1n) is 10.4. The minimum Gasteiger partial charge on any atom is -0.493 e. The van der Waals surface area contributed by atoms with Gasteiger partial charge in [0.15, 0.2) is 17.1 Å². The molecule has 0 spiro atoms. The topological polar surface area (TPSA) is 63.5 Å². The molecule has 1 amide bonds. The van der Waals surface area contributed by atoms with E-state index >= 15 is 0 Å². The van der Waals surface area contributed by atoms with Crippen LogP contribution in [0.15, 0.2) is 83.3 Å². The van der Waals surface area contributed by atoms with Crippen LogP contribution in [0.2, 0.25) is 0 Å². The van der Waals surface area contributed by atoms with Crippen molar-refractivity contribution in [3.63, 3.8) is 0 Å². The number of nitrogens with one attached hydrogen (secondary N) is 2. The number of furan rings is 1. The van der Waals surface area contributed by atoms with Crippen LogP contribution in [-0.2, 0) is 13.1 Å². The lowest BCUT2D eigenvalue weighted by Gasteiger charge is -2.12. The Morgan fingerprint density at radius 3 is 2.39 bits per heavy atom. The summed E-state index contributed by atoms with van der Waals surface area (Å²) in [5.74, 6) is 0.626. The molecule has 0 bridgehead atoms. The lowest BCUT2D eigenvalue weighted by atomic mass is 10.1. The number of methoxy groups -OCH3 is 1. The highest BCUT2D eigenvalue weighted by molar-refractivity contribution is 5.98. The summed E-state index contributed by atoms with van der Waals surface area (Å²) < 4.78 is 11.4. The van der Waals surface area contributed by atoms with Crippen LogP contribution < -0.4 is 15.4 Å². The highest BCUT2D eigenvalue weighted by Crippen LogP contribution is 2.32. The van der Waals surface area contributed by atoms with E-state index in [1.54, 1.807) is 13.2 Å². The summed E-state index contributed by atoms with van der Waals surface area (Å²) in [5.41, 5.74) is 3.88. The number of benzene rings is 3. The van der Waals surface area contributed by atoms with E-state index in [1.165, 1.54) is 5.56 Å². The lowest BCUT2D eigenvalue weighted by Crippen LogP contribution is -2.26. The van der Waals surface area contributed by atoms with Crippen molar-refractivity contribution in [3.8, 4) is 5.75 Å². The van der Waals surface area contributed by atoms with Crippen molar-refractivity contribution in [2.75, 3.05) is 7.11 Å². The van der Waals surface area contributed by atoms with E-state index < -0.39 is 0 Å². The number of ether oxygens (including phenoxy) is 1. The van der Waals surface area contributed by atoms with Crippen molar-refractivity contribution < 1.29 is 13.9 Å². The summed E-state index contributed by atoms with van der Waals surface area (Å²) in [6.07, 6.45) is 0. The fourth-order valence-corrected chi connectivity index (χ4v) is 3.61. The van der Waals surface area contributed by atoms with Gasteiger partial charge in [-0.3, -0.25) is 4.79 Å². The van der Waals surface area contributed by atoms with Crippen LogP contribution in [0.4, 0.5) is 0 Å². The Bertz CT molecular complexity index is 1150. The number of rotatable bonds is 8. The first-order valence-corrected chi connectivity index (χ1v) is 10.4. The van der Waals surface area contributed by atoms with Gasteiger partial charge in [0.2, 0.25) is 0 Å². The highest BCUT2D eigenvalue weighted by atomic mass is 16.5. The summed E-state index contributed by atoms with van der Waals surface area (Å²) in [4.78, 5) is 12.8. The molecule has 4 rings (SSSR count). The molecule has 1 unspecified atom stereocenters. The Morgan fingerprint density at radius 1 is 0.968 bits per heavy atom. The average molecular weight is 415 g/mol. The van der Waals surface area contributed by atoms with E-state index in [4.69, 9.17) is 9.15 Å². The molecule has 0 radical (unpaired) electrons. The predicted molar refractivity (Wildman–Crippen MR) is 122 cm³/mol. The molecular formula is C26H26N2O3. The first kappa shape index (κ1) is 20.7. The molecule has 2 N–H and O–H groups in total. The minimum atomic E-state index is -0.252. The SMILES string of the molecule is COc1ccc(CNCc2ccccc2)c2cc(C(=O)NC(C)c3ccccc3)oc12. The normalized spacial score (nSPS) is 11.9. The Kier molecular flexibility index (Phi) is 6.34. The second-order valence-corrected chi connectivity index (χ2v) is 7.48. The van der Waals surface area contributed by atoms with Crippen molar-refractivity contribution in [2.24, 2.45) is 0 Å². The third-order valence-electron chi connectivity index (χ3n) is 5.32. The molecule has 4 aromatic rings. The second-order valence-electron chi connectivity index (χ2n) is 7.48. The molecule has 1 aromatic heterocycles. The number of amides is 1. The van der Waals surface area contributed by atoms with E-state index in [1.807, 2.05) is 67.6 Å². The summed E-state index contributed by atoms with van der Waals surface area (Å²) in [6.45, 7) is 3.36. The smallest absolute Gasteiger partial charge is 0.287 e. The van der Waals surface area contributed by atoms with Crippen LogP contribution in [-0.4, -0.2) is 13.0 Å². The lowest BCUT2D eigenvalue weighted by molar-refractivity contribution is 0.0914. The number of fused-ring (bicyclic) bond motifs is 1. The van der Waals surface area contributed by atoms with E-state index in [9.17, 15) is 4.79 Å². The molecule has 1 atom stereocenters. The molecule has 5 nitrogen and oxygen atoms in total. The Labute approximate surface area is 182 Å². The van der Waals surface area contributed by atoms with Gasteiger partial charge in [-0.15, -0.1) is 0 Å². The van der Waals surface area contributed by atoms with Crippen LogP contribution in [0.3, 0.4) is 0 Å². The standard InChI is InChI=1S/C26H26N2O3/c1-18(20-11-7-4-8-12-20)28-26(29)24-15-22-21(13-14-23(30-2)25(22)31-24)17-27-16-19-9-5-3-6-10-19/h3-15,18,27H,16-17H2,1-2H3,(H,28,29). The Hall–Kier alpha value is -3.57. The van der Waals surface area contributed by atoms with E-state index in [-0.39, 0.29) is 17.7 Å². The first-order chi connectivity index (χ1) is 15.2. The number of hydrogen-bond acceptors (Lipinski definition) is 4. The molecule has 0 aliphatic heterocycles. The van der Waals surface area contributed by atoms with Crippen LogP contribution in [0.25, 0.3) is 11.0 Å². The Morgan fingerprint density at radius 2 is 1.68 bits per heavy atom. The molecule has 1 heterocycles. The van der Waals surface area contributed by atoms with Gasteiger partial charge in [-0.2, -0.15) is 0 Å². The van der Waals surface area contributed by atoms with Crippen molar-refractivity contribution in [3.05, 3.63) is 101 Å². The van der Waals surface area contributed by atoms with Gasteiger partial charge in [-0.25, -0.2) is 0 Å². The van der Waals surface area contributed by atoms with Crippen molar-refractivity contribution >= 4 is 16.9 Å². The summed E-state index contributed by atoms with van der Waals surface area (Å²) >= 11 is 0. The zero-order valence-electron chi connectivity index (χ0n) is 17.7. The monoisotopic (exact) mass is 414 g/mol. The molecule has 0 saturated carbocycles. The number of hydrogen-bond donors (Lipinski definition) is 2. The van der Waals surface area contributed by atoms with Gasteiger partial charge in [0.25, 0.3) is 5.91 Å². The molecule has 0 aliphatic carbocycles. The third-order valence-corrected chi connectivity index (χ3v) is 5.32. The summed E-state index contributed by atoms with van der Waals surface area (Å²) in [7, 11) is 1.60. The molecule has 3 aromatic carbocycles. The quantitative estimate of drug-likeness (QED) is 0.415. The average Bonchev–Trinajstić information content (AvgIpc) is 3.26. The fraction of sp³-hybridized carbons (Fsp3) is 0.192. The second kappa shape index (κ2) is 9.49. The highest BCUT2D eigenvalue weighted by Gasteiger charge is 2.19. The van der Waals surface area contributed by atoms with Crippen LogP contribution in [0, 0.1) is 0 Å². The Balaban J connectivity index is 1.53. The van der Waals surface area contributed by atoms with E-state index in [2.05, 4.69) is 22.8 Å². The summed E-state index contributed by atoms with van der Waals surface area (Å²) in [6, 6.07) is 25.6. The van der Waals surface area contributed by atoms with Gasteiger partial charge in [-0.1, -0.05) is 66.7 Å². The van der Waals surface area contributed by atoms with Gasteiger partial charge >= 0.3 is 0 Å². The van der Waals surface area contributed by atoms with Gasteiger partial charge in [0, 0.05) is 18.5 Å². The van der Waals surface area contributed by atoms with Crippen molar-refractivity contribution in [1.29, 1.82) is 0 Å². The number of carbonyl (C=O) groups excluding carboxylic acids is 1. The predicted octanol–water partition coefficient (Wildman–Crippen LogP) is 5.22. The van der Waals surface area contributed by atoms with Crippen molar-refractivity contribution in [2.45, 2.75) is 26.1 Å². The van der Waals surface area contributed by atoms with Crippen LogP contribution in [0.5, 0.6) is 5.75 Å². The molecule has 31 heavy (non-hydrogen) atoms. The maximum atomic E-state index is 12.8. The van der Waals surface area contributed by atoms with Crippen LogP contribution >= 0.6 is 0 Å². The zero-order valence-corrected chi connectivity index (χ0v) is 17.7. The van der Waals surface area contributed by atoms with Crippen molar-refractivity contribution in [1.82, 2.24) is 10.6 Å².